The third-order valence-corrected chi connectivity index (χ3v) is 5.71. The van der Waals surface area contributed by atoms with E-state index < -0.39 is 0 Å². The first-order chi connectivity index (χ1) is 14.2. The molecule has 4 aromatic rings. The van der Waals surface area contributed by atoms with Crippen molar-refractivity contribution in [1.82, 2.24) is 15.1 Å². The summed E-state index contributed by atoms with van der Waals surface area (Å²) in [6.45, 7) is 3.21. The second-order valence-electron chi connectivity index (χ2n) is 7.58. The fourth-order valence-electron chi connectivity index (χ4n) is 4.12. The summed E-state index contributed by atoms with van der Waals surface area (Å²) < 4.78 is 5.51. The van der Waals surface area contributed by atoms with Gasteiger partial charge in [-0.15, -0.1) is 0 Å². The van der Waals surface area contributed by atoms with Crippen molar-refractivity contribution in [2.45, 2.75) is 32.2 Å². The molecule has 0 amide bonds. The van der Waals surface area contributed by atoms with E-state index in [9.17, 15) is 5.26 Å². The molecule has 2 aromatic carbocycles. The number of anilines is 1. The highest BCUT2D eigenvalue weighted by Gasteiger charge is 2.22. The maximum absolute atomic E-state index is 9.72. The highest BCUT2D eigenvalue weighted by molar-refractivity contribution is 5.84. The molecule has 2 aromatic heterocycles. The van der Waals surface area contributed by atoms with E-state index in [-0.39, 0.29) is 0 Å². The Morgan fingerprint density at radius 2 is 2.03 bits per heavy atom. The Balaban J connectivity index is 1.47. The molecule has 29 heavy (non-hydrogen) atoms. The van der Waals surface area contributed by atoms with Crippen LogP contribution < -0.4 is 4.90 Å². The van der Waals surface area contributed by atoms with Gasteiger partial charge in [0.05, 0.1) is 11.3 Å². The second-order valence-corrected chi connectivity index (χ2v) is 7.58. The normalized spacial score (nSPS) is 16.8. The first-order valence-corrected chi connectivity index (χ1v) is 9.95. The molecule has 0 aliphatic carbocycles. The molecule has 0 unspecified atom stereocenters. The van der Waals surface area contributed by atoms with E-state index in [1.54, 1.807) is 0 Å². The number of nitrogens with one attached hydrogen (secondary N) is 1. The number of rotatable bonds is 3. The van der Waals surface area contributed by atoms with E-state index in [0.717, 1.165) is 47.1 Å². The van der Waals surface area contributed by atoms with Crippen molar-refractivity contribution in [2.75, 3.05) is 11.4 Å². The molecule has 144 valence electrons. The lowest BCUT2D eigenvalue weighted by atomic mass is 10.0. The zero-order chi connectivity index (χ0) is 19.8. The molecule has 6 heteroatoms. The first-order valence-electron chi connectivity index (χ1n) is 9.95. The van der Waals surface area contributed by atoms with Gasteiger partial charge in [0.25, 0.3) is 5.89 Å². The fourth-order valence-corrected chi connectivity index (χ4v) is 4.12. The Morgan fingerprint density at radius 3 is 2.90 bits per heavy atom. The van der Waals surface area contributed by atoms with Crippen LogP contribution >= 0.6 is 0 Å². The number of piperidine rings is 1. The summed E-state index contributed by atoms with van der Waals surface area (Å²) in [6, 6.07) is 16.6. The Hall–Kier alpha value is -3.59. The monoisotopic (exact) mass is 383 g/mol. The van der Waals surface area contributed by atoms with Gasteiger partial charge in [0.1, 0.15) is 6.07 Å². The van der Waals surface area contributed by atoms with E-state index in [1.165, 1.54) is 6.42 Å². The number of H-pyrrole nitrogens is 1. The highest BCUT2D eigenvalue weighted by atomic mass is 16.5. The SMILES string of the molecule is C[C@H]1CCCCN1c1ccc(-c2nc(-c3ccc4[nH]ccc4c3)no2)cc1C#N. The van der Waals surface area contributed by atoms with Crippen LogP contribution in [0.5, 0.6) is 0 Å². The molecule has 1 saturated heterocycles. The van der Waals surface area contributed by atoms with Gasteiger partial charge in [0, 0.05) is 40.8 Å². The molecule has 6 nitrogen and oxygen atoms in total. The molecular weight excluding hydrogens is 362 g/mol. The molecule has 1 aliphatic heterocycles. The first kappa shape index (κ1) is 17.5. The summed E-state index contributed by atoms with van der Waals surface area (Å²) in [6.07, 6.45) is 5.47. The third kappa shape index (κ3) is 3.15. The van der Waals surface area contributed by atoms with Crippen LogP contribution in [-0.2, 0) is 0 Å². The number of nitriles is 1. The molecule has 1 aliphatic rings. The number of benzene rings is 2. The van der Waals surface area contributed by atoms with E-state index in [2.05, 4.69) is 33.0 Å². The number of aromatic nitrogens is 3. The summed E-state index contributed by atoms with van der Waals surface area (Å²) in [5, 5.41) is 15.0. The van der Waals surface area contributed by atoms with Crippen molar-refractivity contribution in [1.29, 1.82) is 5.26 Å². The van der Waals surface area contributed by atoms with Gasteiger partial charge in [0.15, 0.2) is 0 Å². The minimum Gasteiger partial charge on any atom is -0.368 e. The predicted molar refractivity (Wildman–Crippen MR) is 112 cm³/mol. The van der Waals surface area contributed by atoms with Crippen LogP contribution in [0.2, 0.25) is 0 Å². The minimum atomic E-state index is 0.420. The Bertz CT molecular complexity index is 1220. The lowest BCUT2D eigenvalue weighted by molar-refractivity contribution is 0.432. The van der Waals surface area contributed by atoms with Crippen LogP contribution in [0.3, 0.4) is 0 Å². The molecule has 0 saturated carbocycles. The summed E-state index contributed by atoms with van der Waals surface area (Å²) in [5.74, 6) is 0.958. The second kappa shape index (κ2) is 7.10. The van der Waals surface area contributed by atoms with Crippen molar-refractivity contribution in [3.05, 3.63) is 54.2 Å². The molecule has 1 fully saturated rings. The Kier molecular flexibility index (Phi) is 4.28. The molecule has 3 heterocycles. The fraction of sp³-hybridized carbons (Fsp3) is 0.261. The van der Waals surface area contributed by atoms with Crippen molar-refractivity contribution in [3.8, 4) is 28.9 Å². The maximum atomic E-state index is 9.72. The van der Waals surface area contributed by atoms with Crippen LogP contribution in [0.1, 0.15) is 31.7 Å². The van der Waals surface area contributed by atoms with Crippen molar-refractivity contribution < 1.29 is 4.52 Å². The quantitative estimate of drug-likeness (QED) is 0.530. The number of hydrogen-bond acceptors (Lipinski definition) is 5. The largest absolute Gasteiger partial charge is 0.368 e. The summed E-state index contributed by atoms with van der Waals surface area (Å²) in [4.78, 5) is 10.1. The van der Waals surface area contributed by atoms with Gasteiger partial charge in [0.2, 0.25) is 5.82 Å². The lowest BCUT2D eigenvalue weighted by Crippen LogP contribution is -2.37. The van der Waals surface area contributed by atoms with Crippen molar-refractivity contribution in [2.24, 2.45) is 0 Å². The summed E-state index contributed by atoms with van der Waals surface area (Å²) >= 11 is 0. The van der Waals surface area contributed by atoms with E-state index >= 15 is 0 Å². The van der Waals surface area contributed by atoms with Crippen LogP contribution in [0.25, 0.3) is 33.7 Å². The minimum absolute atomic E-state index is 0.420. The van der Waals surface area contributed by atoms with Gasteiger partial charge in [-0.25, -0.2) is 0 Å². The molecule has 0 radical (unpaired) electrons. The van der Waals surface area contributed by atoms with E-state index in [0.29, 0.717) is 23.3 Å². The van der Waals surface area contributed by atoms with Gasteiger partial charge in [-0.2, -0.15) is 10.2 Å². The van der Waals surface area contributed by atoms with Crippen LogP contribution in [0.4, 0.5) is 5.69 Å². The number of hydrogen-bond donors (Lipinski definition) is 1. The van der Waals surface area contributed by atoms with Gasteiger partial charge in [-0.05, 0) is 68.7 Å². The third-order valence-electron chi connectivity index (χ3n) is 5.71. The summed E-state index contributed by atoms with van der Waals surface area (Å²) in [7, 11) is 0. The average Bonchev–Trinajstić information content (AvgIpc) is 3.43. The summed E-state index contributed by atoms with van der Waals surface area (Å²) in [5.41, 5.74) is 4.35. The molecule has 5 rings (SSSR count). The standard InChI is InChI=1S/C23H21N5O/c1-15-4-2-3-11-28(15)21-8-6-18(13-19(21)14-24)23-26-22(27-29-23)17-5-7-20-16(12-17)9-10-25-20/h5-10,12-13,15,25H,2-4,11H2,1H3/t15-/m0/s1. The molecule has 0 bridgehead atoms. The van der Waals surface area contributed by atoms with Gasteiger partial charge < -0.3 is 14.4 Å². The van der Waals surface area contributed by atoms with Gasteiger partial charge in [-0.3, -0.25) is 0 Å². The lowest BCUT2D eigenvalue weighted by Gasteiger charge is -2.36. The predicted octanol–water partition coefficient (Wildman–Crippen LogP) is 5.14. The maximum Gasteiger partial charge on any atom is 0.258 e. The number of nitrogens with zero attached hydrogens (tertiary/aromatic N) is 4. The Morgan fingerprint density at radius 1 is 1.14 bits per heavy atom. The van der Waals surface area contributed by atoms with E-state index in [1.807, 2.05) is 48.7 Å². The van der Waals surface area contributed by atoms with Gasteiger partial charge in [-0.1, -0.05) is 5.16 Å². The van der Waals surface area contributed by atoms with Gasteiger partial charge >= 0.3 is 0 Å². The average molecular weight is 383 g/mol. The van der Waals surface area contributed by atoms with Crippen LogP contribution in [0, 0.1) is 11.3 Å². The van der Waals surface area contributed by atoms with Crippen LogP contribution in [0.15, 0.2) is 53.2 Å². The number of fused-ring (bicyclic) bond motifs is 1. The smallest absolute Gasteiger partial charge is 0.258 e. The zero-order valence-electron chi connectivity index (χ0n) is 16.2. The van der Waals surface area contributed by atoms with E-state index in [4.69, 9.17) is 4.52 Å². The molecule has 1 atom stereocenters. The van der Waals surface area contributed by atoms with Crippen molar-refractivity contribution >= 4 is 16.6 Å². The van der Waals surface area contributed by atoms with Crippen LogP contribution in [-0.4, -0.2) is 27.7 Å². The highest BCUT2D eigenvalue weighted by Crippen LogP contribution is 2.31. The number of aromatic amines is 1. The van der Waals surface area contributed by atoms with Crippen molar-refractivity contribution in [3.63, 3.8) is 0 Å². The Labute approximate surface area is 168 Å². The topological polar surface area (TPSA) is 81.7 Å². The molecule has 1 N–H and O–H groups in total. The molecular formula is C23H21N5O. The molecule has 0 spiro atoms. The zero-order valence-corrected chi connectivity index (χ0v) is 16.2.